The Labute approximate surface area is 180 Å². The molecule has 0 saturated carbocycles. The van der Waals surface area contributed by atoms with Crippen LogP contribution < -0.4 is 11.1 Å². The smallest absolute Gasteiger partial charge is 0.370 e. The van der Waals surface area contributed by atoms with Gasteiger partial charge < -0.3 is 16.0 Å². The molecular formula is C20H18ClF3N6O. The zero-order chi connectivity index (χ0) is 22.8. The number of rotatable bonds is 4. The highest BCUT2D eigenvalue weighted by atomic mass is 35.5. The summed E-state index contributed by atoms with van der Waals surface area (Å²) in [5, 5.41) is 6.58. The van der Waals surface area contributed by atoms with Gasteiger partial charge in [0.1, 0.15) is 0 Å². The predicted octanol–water partition coefficient (Wildman–Crippen LogP) is 4.30. The molecule has 162 valence electrons. The van der Waals surface area contributed by atoms with E-state index in [1.54, 1.807) is 31.1 Å². The SMILES string of the molecule is CN(C)C(N)=Nc1cccc(NC(=O)c2cnn(-c3ccc(Cl)cc3)c2C(F)(F)F)c1. The third-order valence-electron chi connectivity index (χ3n) is 4.16. The normalized spacial score (nSPS) is 12.0. The maximum Gasteiger partial charge on any atom is 0.434 e. The number of amides is 1. The number of nitrogens with zero attached hydrogens (tertiary/aromatic N) is 4. The number of nitrogens with two attached hydrogens (primary N) is 1. The molecule has 3 N–H and O–H groups in total. The van der Waals surface area contributed by atoms with Crippen molar-refractivity contribution in [2.45, 2.75) is 6.18 Å². The van der Waals surface area contributed by atoms with Gasteiger partial charge in [0.2, 0.25) is 0 Å². The van der Waals surface area contributed by atoms with Gasteiger partial charge in [0.25, 0.3) is 5.91 Å². The molecule has 0 fully saturated rings. The number of anilines is 1. The first-order chi connectivity index (χ1) is 14.6. The maximum atomic E-state index is 13.8. The van der Waals surface area contributed by atoms with Gasteiger partial charge >= 0.3 is 6.18 Å². The number of carbonyl (C=O) groups excluding carboxylic acids is 1. The van der Waals surface area contributed by atoms with Crippen LogP contribution in [0.5, 0.6) is 0 Å². The Morgan fingerprint density at radius 3 is 2.48 bits per heavy atom. The van der Waals surface area contributed by atoms with E-state index in [0.717, 1.165) is 6.20 Å². The highest BCUT2D eigenvalue weighted by Crippen LogP contribution is 2.34. The molecule has 1 heterocycles. The maximum absolute atomic E-state index is 13.8. The molecule has 0 radical (unpaired) electrons. The average Bonchev–Trinajstić information content (AvgIpc) is 3.14. The minimum Gasteiger partial charge on any atom is -0.370 e. The van der Waals surface area contributed by atoms with Gasteiger partial charge in [0.15, 0.2) is 11.7 Å². The Hall–Kier alpha value is -3.53. The van der Waals surface area contributed by atoms with Crippen LogP contribution in [0.1, 0.15) is 16.1 Å². The number of aliphatic imine (C=N–C) groups is 1. The van der Waals surface area contributed by atoms with E-state index in [1.165, 1.54) is 36.4 Å². The number of guanidine groups is 1. The summed E-state index contributed by atoms with van der Waals surface area (Å²) in [6.07, 6.45) is -3.95. The van der Waals surface area contributed by atoms with E-state index in [1.807, 2.05) is 0 Å². The first-order valence-electron chi connectivity index (χ1n) is 8.90. The summed E-state index contributed by atoms with van der Waals surface area (Å²) in [5.41, 5.74) is 4.75. The molecule has 0 aliphatic heterocycles. The lowest BCUT2D eigenvalue weighted by Crippen LogP contribution is -2.29. The van der Waals surface area contributed by atoms with Gasteiger partial charge in [-0.1, -0.05) is 17.7 Å². The molecule has 3 rings (SSSR count). The minimum absolute atomic E-state index is 0.117. The standard InChI is InChI=1S/C20H18ClF3N6O/c1-29(2)19(25)28-14-5-3-4-13(10-14)27-18(31)16-11-26-30(17(16)20(22,23)24)15-8-6-12(21)7-9-15/h3-11H,1-2H3,(H2,25,28)(H,27,31). The van der Waals surface area contributed by atoms with E-state index < -0.39 is 23.3 Å². The number of aromatic nitrogens is 2. The minimum atomic E-state index is -4.82. The Morgan fingerprint density at radius 2 is 1.87 bits per heavy atom. The number of halogens is 4. The number of alkyl halides is 3. The predicted molar refractivity (Wildman–Crippen MR) is 113 cm³/mol. The van der Waals surface area contributed by atoms with E-state index in [2.05, 4.69) is 15.4 Å². The van der Waals surface area contributed by atoms with Crippen molar-refractivity contribution in [3.8, 4) is 5.69 Å². The summed E-state index contributed by atoms with van der Waals surface area (Å²) in [4.78, 5) is 18.4. The van der Waals surface area contributed by atoms with Gasteiger partial charge in [0.05, 0.1) is 23.1 Å². The molecular weight excluding hydrogens is 433 g/mol. The van der Waals surface area contributed by atoms with Crippen molar-refractivity contribution in [2.24, 2.45) is 10.7 Å². The van der Waals surface area contributed by atoms with Gasteiger partial charge in [-0.05, 0) is 42.5 Å². The van der Waals surface area contributed by atoms with E-state index in [0.29, 0.717) is 15.4 Å². The summed E-state index contributed by atoms with van der Waals surface area (Å²) in [6, 6.07) is 11.9. The molecule has 0 aliphatic carbocycles. The molecule has 3 aromatic rings. The van der Waals surface area contributed by atoms with E-state index in [4.69, 9.17) is 17.3 Å². The Kier molecular flexibility index (Phi) is 6.21. The van der Waals surface area contributed by atoms with Crippen molar-refractivity contribution in [1.82, 2.24) is 14.7 Å². The first-order valence-corrected chi connectivity index (χ1v) is 9.28. The number of carbonyl (C=O) groups is 1. The van der Waals surface area contributed by atoms with Gasteiger partial charge in [-0.2, -0.15) is 18.3 Å². The number of benzene rings is 2. The lowest BCUT2D eigenvalue weighted by molar-refractivity contribution is -0.143. The van der Waals surface area contributed by atoms with E-state index in [-0.39, 0.29) is 17.3 Å². The Morgan fingerprint density at radius 1 is 1.19 bits per heavy atom. The second-order valence-corrected chi connectivity index (χ2v) is 7.10. The van der Waals surface area contributed by atoms with Crippen LogP contribution in [-0.4, -0.2) is 40.6 Å². The van der Waals surface area contributed by atoms with Crippen molar-refractivity contribution >= 4 is 34.8 Å². The van der Waals surface area contributed by atoms with Crippen molar-refractivity contribution in [2.75, 3.05) is 19.4 Å². The largest absolute Gasteiger partial charge is 0.434 e. The van der Waals surface area contributed by atoms with Crippen LogP contribution in [0, 0.1) is 0 Å². The highest BCUT2D eigenvalue weighted by molar-refractivity contribution is 6.30. The van der Waals surface area contributed by atoms with Crippen LogP contribution in [-0.2, 0) is 6.18 Å². The molecule has 31 heavy (non-hydrogen) atoms. The third kappa shape index (κ3) is 5.15. The lowest BCUT2D eigenvalue weighted by Gasteiger charge is -2.13. The fraction of sp³-hybridized carbons (Fsp3) is 0.150. The Bertz CT molecular complexity index is 1120. The molecule has 0 aliphatic rings. The van der Waals surface area contributed by atoms with Gasteiger partial charge in [-0.15, -0.1) is 0 Å². The number of hydrogen-bond donors (Lipinski definition) is 2. The van der Waals surface area contributed by atoms with Crippen LogP contribution in [0.4, 0.5) is 24.5 Å². The highest BCUT2D eigenvalue weighted by Gasteiger charge is 2.40. The van der Waals surface area contributed by atoms with Gasteiger partial charge in [-0.25, -0.2) is 9.67 Å². The third-order valence-corrected chi connectivity index (χ3v) is 4.41. The molecule has 0 unspecified atom stereocenters. The summed E-state index contributed by atoms with van der Waals surface area (Å²) in [5.74, 6) is -0.735. The molecule has 7 nitrogen and oxygen atoms in total. The van der Waals surface area contributed by atoms with E-state index >= 15 is 0 Å². The molecule has 0 atom stereocenters. The molecule has 2 aromatic carbocycles. The number of hydrogen-bond acceptors (Lipinski definition) is 3. The fourth-order valence-corrected chi connectivity index (χ4v) is 2.78. The molecule has 0 saturated heterocycles. The summed E-state index contributed by atoms with van der Waals surface area (Å²) < 4.78 is 42.0. The molecule has 1 aromatic heterocycles. The van der Waals surface area contributed by atoms with Crippen molar-refractivity contribution in [3.63, 3.8) is 0 Å². The van der Waals surface area contributed by atoms with E-state index in [9.17, 15) is 18.0 Å². The topological polar surface area (TPSA) is 88.5 Å². The lowest BCUT2D eigenvalue weighted by atomic mass is 10.2. The van der Waals surface area contributed by atoms with Gasteiger partial charge in [-0.3, -0.25) is 4.79 Å². The molecule has 0 bridgehead atoms. The second kappa shape index (κ2) is 8.68. The summed E-state index contributed by atoms with van der Waals surface area (Å²) in [7, 11) is 3.42. The van der Waals surface area contributed by atoms with Crippen molar-refractivity contribution in [3.05, 3.63) is 71.0 Å². The van der Waals surface area contributed by atoms with Crippen LogP contribution in [0.15, 0.2) is 59.7 Å². The summed E-state index contributed by atoms with van der Waals surface area (Å²) >= 11 is 5.80. The molecule has 1 amide bonds. The van der Waals surface area contributed by atoms with Crippen LogP contribution in [0.2, 0.25) is 5.02 Å². The molecule has 0 spiro atoms. The van der Waals surface area contributed by atoms with Crippen LogP contribution >= 0.6 is 11.6 Å². The average molecular weight is 451 g/mol. The zero-order valence-electron chi connectivity index (χ0n) is 16.5. The monoisotopic (exact) mass is 450 g/mol. The zero-order valence-corrected chi connectivity index (χ0v) is 17.2. The van der Waals surface area contributed by atoms with Gasteiger partial charge in [0, 0.05) is 24.8 Å². The van der Waals surface area contributed by atoms with Crippen LogP contribution in [0.25, 0.3) is 5.69 Å². The molecule has 11 heteroatoms. The van der Waals surface area contributed by atoms with Crippen LogP contribution in [0.3, 0.4) is 0 Å². The summed E-state index contributed by atoms with van der Waals surface area (Å²) in [6.45, 7) is 0. The Balaban J connectivity index is 1.94. The van der Waals surface area contributed by atoms with Crippen molar-refractivity contribution < 1.29 is 18.0 Å². The second-order valence-electron chi connectivity index (χ2n) is 6.66. The quantitative estimate of drug-likeness (QED) is 0.458. The van der Waals surface area contributed by atoms with Crippen molar-refractivity contribution in [1.29, 1.82) is 0 Å². The number of nitrogens with one attached hydrogen (secondary N) is 1. The first kappa shape index (κ1) is 22.2. The fourth-order valence-electron chi connectivity index (χ4n) is 2.65.